The molecule has 1 heterocycles. The van der Waals surface area contributed by atoms with Crippen LogP contribution in [-0.2, 0) is 9.53 Å². The van der Waals surface area contributed by atoms with Crippen molar-refractivity contribution in [3.63, 3.8) is 0 Å². The number of carbonyl (C=O) groups is 1. The third-order valence-corrected chi connectivity index (χ3v) is 12.4. The molecule has 0 aromatic heterocycles. The van der Waals surface area contributed by atoms with Crippen molar-refractivity contribution < 1.29 is 9.53 Å². The summed E-state index contributed by atoms with van der Waals surface area (Å²) in [6.07, 6.45) is 0. The third kappa shape index (κ3) is 4.94. The molecular weight excluding hydrogens is 400 g/mol. The Morgan fingerprint density at radius 3 is 1.84 bits per heavy atom. The molecule has 0 aliphatic carbocycles. The summed E-state index contributed by atoms with van der Waals surface area (Å²) >= 11 is 0. The molecule has 0 N–H and O–H groups in total. The maximum atomic E-state index is 12.1. The van der Waals surface area contributed by atoms with E-state index in [9.17, 15) is 4.79 Å². The Morgan fingerprint density at radius 2 is 1.42 bits per heavy atom. The highest BCUT2D eigenvalue weighted by atomic mass is 28.3. The van der Waals surface area contributed by atoms with E-state index in [1.165, 1.54) is 10.4 Å². The average molecular weight is 439 g/mol. The van der Waals surface area contributed by atoms with E-state index in [4.69, 9.17) is 4.74 Å². The van der Waals surface area contributed by atoms with E-state index in [1.54, 1.807) is 0 Å². The largest absolute Gasteiger partial charge is 0.466 e. The first-order valence-electron chi connectivity index (χ1n) is 11.6. The quantitative estimate of drug-likeness (QED) is 0.490. The van der Waals surface area contributed by atoms with Crippen LogP contribution in [0.1, 0.15) is 34.6 Å². The van der Waals surface area contributed by atoms with Crippen LogP contribution in [0.5, 0.6) is 0 Å². The van der Waals surface area contributed by atoms with Gasteiger partial charge < -0.3 is 9.30 Å². The summed E-state index contributed by atoms with van der Waals surface area (Å²) in [5.41, 5.74) is 0. The molecule has 0 spiro atoms. The van der Waals surface area contributed by atoms with E-state index in [-0.39, 0.29) is 16.9 Å². The molecule has 0 bridgehead atoms. The SMILES string of the molecule is CCOC(=O)C(C)CN1CCN([Si](c2ccccc2)(c2ccccc2)C(C)(C)C)CC1. The van der Waals surface area contributed by atoms with Crippen molar-refractivity contribution in [3.8, 4) is 0 Å². The van der Waals surface area contributed by atoms with Crippen molar-refractivity contribution in [1.29, 1.82) is 0 Å². The van der Waals surface area contributed by atoms with Gasteiger partial charge in [-0.25, -0.2) is 0 Å². The first kappa shape index (κ1) is 23.7. The molecule has 1 saturated heterocycles. The molecular formula is C26H38N2O2Si. The second kappa shape index (κ2) is 10.1. The number of piperazine rings is 1. The lowest BCUT2D eigenvalue weighted by molar-refractivity contribution is -0.148. The van der Waals surface area contributed by atoms with Crippen LogP contribution in [0, 0.1) is 5.92 Å². The van der Waals surface area contributed by atoms with Gasteiger partial charge in [0.2, 0.25) is 0 Å². The Balaban J connectivity index is 1.90. The fourth-order valence-electron chi connectivity index (χ4n) is 5.24. The summed E-state index contributed by atoms with van der Waals surface area (Å²) < 4.78 is 8.01. The molecule has 31 heavy (non-hydrogen) atoms. The van der Waals surface area contributed by atoms with E-state index in [1.807, 2.05) is 13.8 Å². The molecule has 0 amide bonds. The van der Waals surface area contributed by atoms with Crippen LogP contribution in [0.25, 0.3) is 0 Å². The molecule has 2 aromatic rings. The summed E-state index contributed by atoms with van der Waals surface area (Å²) in [7, 11) is -2.24. The zero-order valence-corrected chi connectivity index (χ0v) is 20.8. The topological polar surface area (TPSA) is 32.8 Å². The minimum atomic E-state index is -2.24. The van der Waals surface area contributed by atoms with Gasteiger partial charge in [0.1, 0.15) is 0 Å². The smallest absolute Gasteiger partial charge is 0.309 e. The lowest BCUT2D eigenvalue weighted by atomic mass is 10.1. The summed E-state index contributed by atoms with van der Waals surface area (Å²) in [6.45, 7) is 16.3. The minimum Gasteiger partial charge on any atom is -0.466 e. The van der Waals surface area contributed by atoms with Gasteiger partial charge >= 0.3 is 5.97 Å². The Kier molecular flexibility index (Phi) is 7.73. The fourth-order valence-corrected chi connectivity index (χ4v) is 11.2. The van der Waals surface area contributed by atoms with Crippen molar-refractivity contribution in [2.24, 2.45) is 5.92 Å². The van der Waals surface area contributed by atoms with Crippen molar-refractivity contribution in [1.82, 2.24) is 9.47 Å². The fraction of sp³-hybridized carbons (Fsp3) is 0.500. The first-order chi connectivity index (χ1) is 14.8. The highest BCUT2D eigenvalue weighted by Crippen LogP contribution is 2.38. The average Bonchev–Trinajstić information content (AvgIpc) is 2.76. The molecule has 1 aliphatic rings. The van der Waals surface area contributed by atoms with Crippen LogP contribution < -0.4 is 10.4 Å². The molecule has 2 aromatic carbocycles. The van der Waals surface area contributed by atoms with E-state index in [0.29, 0.717) is 6.61 Å². The van der Waals surface area contributed by atoms with Crippen molar-refractivity contribution in [3.05, 3.63) is 60.7 Å². The second-order valence-corrected chi connectivity index (χ2v) is 14.3. The Bertz CT molecular complexity index is 788. The number of rotatable bonds is 7. The van der Waals surface area contributed by atoms with Gasteiger partial charge in [-0.2, -0.15) is 0 Å². The Hall–Kier alpha value is -1.95. The van der Waals surface area contributed by atoms with Gasteiger partial charge in [-0.1, -0.05) is 88.4 Å². The molecule has 0 saturated carbocycles. The number of nitrogens with zero attached hydrogens (tertiary/aromatic N) is 2. The highest BCUT2D eigenvalue weighted by molar-refractivity contribution is 7.02. The van der Waals surface area contributed by atoms with E-state index in [2.05, 4.69) is 90.9 Å². The van der Waals surface area contributed by atoms with E-state index < -0.39 is 8.24 Å². The predicted octanol–water partition coefficient (Wildman–Crippen LogP) is 3.36. The van der Waals surface area contributed by atoms with E-state index >= 15 is 0 Å². The van der Waals surface area contributed by atoms with Crippen LogP contribution >= 0.6 is 0 Å². The molecule has 168 valence electrons. The lowest BCUT2D eigenvalue weighted by Gasteiger charge is -2.53. The summed E-state index contributed by atoms with van der Waals surface area (Å²) in [4.78, 5) is 14.5. The molecule has 3 rings (SSSR count). The third-order valence-electron chi connectivity index (χ3n) is 6.54. The predicted molar refractivity (Wildman–Crippen MR) is 131 cm³/mol. The summed E-state index contributed by atoms with van der Waals surface area (Å²) in [6, 6.07) is 22.3. The molecule has 1 fully saturated rings. The van der Waals surface area contributed by atoms with Gasteiger partial charge in [0.15, 0.2) is 8.24 Å². The first-order valence-corrected chi connectivity index (χ1v) is 13.5. The number of hydrogen-bond acceptors (Lipinski definition) is 4. The van der Waals surface area contributed by atoms with Gasteiger partial charge in [0.25, 0.3) is 0 Å². The van der Waals surface area contributed by atoms with Gasteiger partial charge in [0.05, 0.1) is 12.5 Å². The molecule has 0 radical (unpaired) electrons. The maximum Gasteiger partial charge on any atom is 0.309 e. The van der Waals surface area contributed by atoms with Crippen molar-refractivity contribution in [2.75, 3.05) is 39.3 Å². The molecule has 1 atom stereocenters. The van der Waals surface area contributed by atoms with Crippen molar-refractivity contribution >= 4 is 24.6 Å². The molecule has 4 nitrogen and oxygen atoms in total. The Labute approximate surface area is 189 Å². The zero-order chi connectivity index (χ0) is 22.5. The highest BCUT2D eigenvalue weighted by Gasteiger charge is 2.52. The monoisotopic (exact) mass is 438 g/mol. The molecule has 1 aliphatic heterocycles. The molecule has 1 unspecified atom stereocenters. The van der Waals surface area contributed by atoms with Crippen LogP contribution in [0.15, 0.2) is 60.7 Å². The minimum absolute atomic E-state index is 0.0839. The summed E-state index contributed by atoms with van der Waals surface area (Å²) in [5.74, 6) is -0.170. The van der Waals surface area contributed by atoms with Gasteiger partial charge in [-0.05, 0) is 22.3 Å². The van der Waals surface area contributed by atoms with E-state index in [0.717, 1.165) is 32.7 Å². The standard InChI is InChI=1S/C26H38N2O2Si/c1-6-30-25(29)22(2)21-27-17-19-28(20-18-27)31(26(3,4)5,23-13-9-7-10-14-23)24-15-11-8-12-16-24/h7-16,22H,6,17-21H2,1-5H3. The second-order valence-electron chi connectivity index (χ2n) is 9.63. The summed E-state index contributed by atoms with van der Waals surface area (Å²) in [5, 5.41) is 3.07. The van der Waals surface area contributed by atoms with Crippen LogP contribution in [0.4, 0.5) is 0 Å². The lowest BCUT2D eigenvalue weighted by Crippen LogP contribution is -2.77. The number of carbonyl (C=O) groups excluding carboxylic acids is 1. The van der Waals surface area contributed by atoms with Gasteiger partial charge in [0, 0.05) is 32.7 Å². The van der Waals surface area contributed by atoms with Crippen LogP contribution in [-0.4, -0.2) is 63.0 Å². The number of esters is 1. The zero-order valence-electron chi connectivity index (χ0n) is 19.8. The number of hydrogen-bond donors (Lipinski definition) is 0. The number of ether oxygens (including phenoxy) is 1. The van der Waals surface area contributed by atoms with Crippen LogP contribution in [0.2, 0.25) is 5.04 Å². The maximum absolute atomic E-state index is 12.1. The van der Waals surface area contributed by atoms with Crippen molar-refractivity contribution in [2.45, 2.75) is 39.7 Å². The van der Waals surface area contributed by atoms with Gasteiger partial charge in [-0.3, -0.25) is 9.69 Å². The normalized spacial score (nSPS) is 17.3. The Morgan fingerprint density at radius 1 is 0.935 bits per heavy atom. The molecule has 5 heteroatoms. The van der Waals surface area contributed by atoms with Crippen LogP contribution in [0.3, 0.4) is 0 Å². The number of benzene rings is 2. The van der Waals surface area contributed by atoms with Gasteiger partial charge in [-0.15, -0.1) is 0 Å².